The molecule has 2 aliphatic heterocycles. The van der Waals surface area contributed by atoms with Crippen molar-refractivity contribution < 1.29 is 19.0 Å². The zero-order chi connectivity index (χ0) is 17.1. The van der Waals surface area contributed by atoms with Gasteiger partial charge in [0.15, 0.2) is 0 Å². The largest absolute Gasteiger partial charge is 0.471 e. The van der Waals surface area contributed by atoms with Crippen molar-refractivity contribution in [2.24, 2.45) is 0 Å². The van der Waals surface area contributed by atoms with Gasteiger partial charge in [-0.3, -0.25) is 4.79 Å². The number of nitrogens with zero attached hydrogens (tertiary/aromatic N) is 2. The summed E-state index contributed by atoms with van der Waals surface area (Å²) in [5.41, 5.74) is 0. The van der Waals surface area contributed by atoms with Crippen LogP contribution in [0.3, 0.4) is 0 Å². The Morgan fingerprint density at radius 1 is 1.24 bits per heavy atom. The first kappa shape index (κ1) is 16.8. The highest BCUT2D eigenvalue weighted by atomic mass is 16.6. The summed E-state index contributed by atoms with van der Waals surface area (Å²) in [4.78, 5) is 18.8. The predicted octanol–water partition coefficient (Wildman–Crippen LogP) is 2.18. The molecule has 136 valence electrons. The van der Waals surface area contributed by atoms with Crippen LogP contribution in [-0.2, 0) is 14.3 Å². The second-order valence-electron chi connectivity index (χ2n) is 7.11. The van der Waals surface area contributed by atoms with Crippen LogP contribution in [0.5, 0.6) is 5.88 Å². The Labute approximate surface area is 148 Å². The van der Waals surface area contributed by atoms with Gasteiger partial charge in [-0.2, -0.15) is 0 Å². The first-order valence-electron chi connectivity index (χ1n) is 9.41. The quantitative estimate of drug-likeness (QED) is 0.818. The minimum absolute atomic E-state index is 0.0535. The molecule has 4 rings (SSSR count). The molecule has 2 saturated heterocycles. The topological polar surface area (TPSA) is 60.9 Å². The van der Waals surface area contributed by atoms with E-state index in [0.29, 0.717) is 19.0 Å². The molecule has 1 aromatic heterocycles. The maximum atomic E-state index is 12.7. The third-order valence-electron chi connectivity index (χ3n) is 5.50. The predicted molar refractivity (Wildman–Crippen MR) is 91.3 cm³/mol. The van der Waals surface area contributed by atoms with Crippen LogP contribution in [0.2, 0.25) is 0 Å². The number of carbonyl (C=O) groups is 1. The third-order valence-corrected chi connectivity index (χ3v) is 5.50. The lowest BCUT2D eigenvalue weighted by Crippen LogP contribution is -2.57. The van der Waals surface area contributed by atoms with Gasteiger partial charge in [-0.1, -0.05) is 18.9 Å². The Hall–Kier alpha value is -1.66. The van der Waals surface area contributed by atoms with Gasteiger partial charge >= 0.3 is 0 Å². The Bertz CT molecular complexity index is 576. The zero-order valence-electron chi connectivity index (χ0n) is 14.5. The molecule has 6 heteroatoms. The Kier molecular flexibility index (Phi) is 5.17. The van der Waals surface area contributed by atoms with Gasteiger partial charge in [-0.15, -0.1) is 0 Å². The van der Waals surface area contributed by atoms with Crippen LogP contribution in [0, 0.1) is 0 Å². The van der Waals surface area contributed by atoms with Crippen molar-refractivity contribution in [3.63, 3.8) is 0 Å². The van der Waals surface area contributed by atoms with Gasteiger partial charge in [0.1, 0.15) is 18.8 Å². The smallest absolute Gasteiger partial charge is 0.248 e. The van der Waals surface area contributed by atoms with Gasteiger partial charge in [0.2, 0.25) is 11.8 Å². The van der Waals surface area contributed by atoms with E-state index in [-0.39, 0.29) is 36.9 Å². The molecular formula is C19H26N2O4. The maximum Gasteiger partial charge on any atom is 0.248 e. The van der Waals surface area contributed by atoms with Crippen LogP contribution in [0.1, 0.15) is 38.5 Å². The molecule has 25 heavy (non-hydrogen) atoms. The average Bonchev–Trinajstić information content (AvgIpc) is 3.33. The van der Waals surface area contributed by atoms with Crippen LogP contribution in [0.15, 0.2) is 24.4 Å². The van der Waals surface area contributed by atoms with Gasteiger partial charge in [0.05, 0.1) is 12.1 Å². The normalized spacial score (nSPS) is 29.6. The van der Waals surface area contributed by atoms with Crippen molar-refractivity contribution in [2.45, 2.75) is 62.9 Å². The van der Waals surface area contributed by atoms with E-state index < -0.39 is 0 Å². The molecular weight excluding hydrogens is 320 g/mol. The lowest BCUT2D eigenvalue weighted by Gasteiger charge is -2.41. The van der Waals surface area contributed by atoms with Crippen LogP contribution in [-0.4, -0.2) is 59.9 Å². The molecule has 0 unspecified atom stereocenters. The third kappa shape index (κ3) is 3.80. The van der Waals surface area contributed by atoms with E-state index in [2.05, 4.69) is 4.98 Å². The molecule has 3 atom stereocenters. The second kappa shape index (κ2) is 7.70. The Balaban J connectivity index is 1.35. The highest BCUT2D eigenvalue weighted by molar-refractivity contribution is 5.78. The molecule has 1 saturated carbocycles. The van der Waals surface area contributed by atoms with E-state index in [9.17, 15) is 4.79 Å². The van der Waals surface area contributed by atoms with Crippen molar-refractivity contribution in [3.05, 3.63) is 24.4 Å². The molecule has 1 amide bonds. The van der Waals surface area contributed by atoms with Gasteiger partial charge in [0.25, 0.3) is 0 Å². The molecule has 6 nitrogen and oxygen atoms in total. The van der Waals surface area contributed by atoms with Crippen LogP contribution >= 0.6 is 0 Å². The summed E-state index contributed by atoms with van der Waals surface area (Å²) >= 11 is 0. The number of pyridine rings is 1. The molecule has 3 aliphatic rings. The Morgan fingerprint density at radius 2 is 2.12 bits per heavy atom. The number of rotatable bonds is 5. The fourth-order valence-corrected chi connectivity index (χ4v) is 4.22. The second-order valence-corrected chi connectivity index (χ2v) is 7.11. The van der Waals surface area contributed by atoms with E-state index >= 15 is 0 Å². The average molecular weight is 346 g/mol. The fraction of sp³-hybridized carbons (Fsp3) is 0.684. The summed E-state index contributed by atoms with van der Waals surface area (Å²) in [6.45, 7) is 1.55. The highest BCUT2D eigenvalue weighted by Gasteiger charge is 2.45. The van der Waals surface area contributed by atoms with Gasteiger partial charge < -0.3 is 19.1 Å². The number of aromatic nitrogens is 1. The van der Waals surface area contributed by atoms with Crippen molar-refractivity contribution in [1.82, 2.24) is 9.88 Å². The fourth-order valence-electron chi connectivity index (χ4n) is 4.22. The molecule has 3 fully saturated rings. The molecule has 0 radical (unpaired) electrons. The molecule has 3 heterocycles. The maximum absolute atomic E-state index is 12.7. The number of ether oxygens (including phenoxy) is 3. The number of piperidine rings is 1. The van der Waals surface area contributed by atoms with Gasteiger partial charge in [-0.25, -0.2) is 4.98 Å². The first-order valence-corrected chi connectivity index (χ1v) is 9.41. The summed E-state index contributed by atoms with van der Waals surface area (Å²) in [6, 6.07) is 5.72. The van der Waals surface area contributed by atoms with Crippen molar-refractivity contribution in [2.75, 3.05) is 19.8 Å². The highest BCUT2D eigenvalue weighted by Crippen LogP contribution is 2.31. The number of fused-ring (bicyclic) bond motifs is 1. The number of likely N-dealkylation sites (tertiary alicyclic amines) is 1. The van der Waals surface area contributed by atoms with Crippen molar-refractivity contribution in [1.29, 1.82) is 0 Å². The lowest BCUT2D eigenvalue weighted by molar-refractivity contribution is -0.147. The van der Waals surface area contributed by atoms with Crippen LogP contribution in [0.25, 0.3) is 0 Å². The van der Waals surface area contributed by atoms with Crippen molar-refractivity contribution in [3.8, 4) is 5.88 Å². The summed E-state index contributed by atoms with van der Waals surface area (Å²) in [7, 11) is 0. The Morgan fingerprint density at radius 3 is 2.92 bits per heavy atom. The summed E-state index contributed by atoms with van der Waals surface area (Å²) in [5.74, 6) is 0.703. The van der Waals surface area contributed by atoms with E-state index in [4.69, 9.17) is 14.2 Å². The van der Waals surface area contributed by atoms with Crippen molar-refractivity contribution >= 4 is 5.91 Å². The summed E-state index contributed by atoms with van der Waals surface area (Å²) < 4.78 is 17.8. The number of hydrogen-bond donors (Lipinski definition) is 0. The minimum Gasteiger partial charge on any atom is -0.471 e. The summed E-state index contributed by atoms with van der Waals surface area (Å²) in [5, 5.41) is 0. The standard InChI is InChI=1S/C19H26N2O4/c22-18(13-24-14-5-1-2-6-14)21-11-8-16(19-15(21)9-12-23-19)25-17-7-3-4-10-20-17/h3-4,7,10,14-16,19H,1-2,5-6,8-9,11-13H2/t15-,16+,19-/m0/s1. The summed E-state index contributed by atoms with van der Waals surface area (Å²) in [6.07, 6.45) is 8.08. The van der Waals surface area contributed by atoms with E-state index in [1.165, 1.54) is 12.8 Å². The van der Waals surface area contributed by atoms with Gasteiger partial charge in [-0.05, 0) is 25.3 Å². The molecule has 1 aliphatic carbocycles. The zero-order valence-corrected chi connectivity index (χ0v) is 14.5. The monoisotopic (exact) mass is 346 g/mol. The van der Waals surface area contributed by atoms with E-state index in [0.717, 1.165) is 25.7 Å². The van der Waals surface area contributed by atoms with E-state index in [1.54, 1.807) is 6.20 Å². The molecule has 0 N–H and O–H groups in total. The molecule has 0 bridgehead atoms. The number of carbonyl (C=O) groups excluding carboxylic acids is 1. The SMILES string of the molecule is O=C(COC1CCCC1)N1CC[C@@H](Oc2ccccn2)[C@H]2OCC[C@@H]21. The van der Waals surface area contributed by atoms with Crippen LogP contribution in [0.4, 0.5) is 0 Å². The minimum atomic E-state index is -0.0776. The first-order chi connectivity index (χ1) is 12.3. The molecule has 1 aromatic rings. The molecule has 0 aromatic carbocycles. The van der Waals surface area contributed by atoms with E-state index in [1.807, 2.05) is 23.1 Å². The van der Waals surface area contributed by atoms with Gasteiger partial charge in [0, 0.05) is 31.8 Å². The molecule has 0 spiro atoms. The number of hydrogen-bond acceptors (Lipinski definition) is 5. The lowest BCUT2D eigenvalue weighted by atomic mass is 9.95. The number of amides is 1. The van der Waals surface area contributed by atoms with Crippen LogP contribution < -0.4 is 4.74 Å².